The summed E-state index contributed by atoms with van der Waals surface area (Å²) in [4.78, 5) is 34.3. The summed E-state index contributed by atoms with van der Waals surface area (Å²) in [5.41, 5.74) is 1.22. The van der Waals surface area contributed by atoms with Gasteiger partial charge in [-0.1, -0.05) is 6.92 Å². The number of hydrogen-bond donors (Lipinski definition) is 0. The SMILES string of the molecule is CCCN1CCN(C(=O)[C@@H]2CCc3sc(C(=O)N4CCOCC4)cc3C2)CC1. The fraction of sp³-hybridized carbons (Fsp3) is 0.714. The molecule has 0 spiro atoms. The zero-order chi connectivity index (χ0) is 19.5. The lowest BCUT2D eigenvalue weighted by molar-refractivity contribution is -0.137. The van der Waals surface area contributed by atoms with Crippen LogP contribution >= 0.6 is 11.3 Å². The monoisotopic (exact) mass is 405 g/mol. The molecule has 7 heteroatoms. The van der Waals surface area contributed by atoms with Gasteiger partial charge < -0.3 is 14.5 Å². The van der Waals surface area contributed by atoms with Crippen molar-refractivity contribution in [2.75, 3.05) is 59.0 Å². The van der Waals surface area contributed by atoms with Crippen LogP contribution in [-0.4, -0.2) is 85.5 Å². The van der Waals surface area contributed by atoms with Gasteiger partial charge in [0.1, 0.15) is 0 Å². The maximum Gasteiger partial charge on any atom is 0.264 e. The number of thiophene rings is 1. The van der Waals surface area contributed by atoms with Crippen LogP contribution in [-0.2, 0) is 22.4 Å². The minimum Gasteiger partial charge on any atom is -0.378 e. The van der Waals surface area contributed by atoms with Crippen LogP contribution in [0.15, 0.2) is 6.07 Å². The number of fused-ring (bicyclic) bond motifs is 1. The van der Waals surface area contributed by atoms with Crippen LogP contribution in [0.4, 0.5) is 0 Å². The molecule has 1 aromatic heterocycles. The Morgan fingerprint density at radius 3 is 2.57 bits per heavy atom. The number of morpholine rings is 1. The molecule has 154 valence electrons. The fourth-order valence-electron chi connectivity index (χ4n) is 4.53. The molecular weight excluding hydrogens is 374 g/mol. The second kappa shape index (κ2) is 8.93. The third-order valence-corrected chi connectivity index (χ3v) is 7.39. The first kappa shape index (κ1) is 19.9. The van der Waals surface area contributed by atoms with Crippen molar-refractivity contribution in [3.63, 3.8) is 0 Å². The number of amides is 2. The third-order valence-electron chi connectivity index (χ3n) is 6.16. The van der Waals surface area contributed by atoms with Gasteiger partial charge in [0.25, 0.3) is 5.91 Å². The first-order valence-electron chi connectivity index (χ1n) is 10.7. The number of rotatable bonds is 4. The van der Waals surface area contributed by atoms with E-state index in [-0.39, 0.29) is 11.8 Å². The average molecular weight is 406 g/mol. The number of piperazine rings is 1. The Hall–Kier alpha value is -1.44. The quantitative estimate of drug-likeness (QED) is 0.768. The van der Waals surface area contributed by atoms with Crippen molar-refractivity contribution in [3.8, 4) is 0 Å². The molecule has 2 amide bonds. The highest BCUT2D eigenvalue weighted by Crippen LogP contribution is 2.34. The van der Waals surface area contributed by atoms with Crippen LogP contribution in [0.25, 0.3) is 0 Å². The van der Waals surface area contributed by atoms with Gasteiger partial charge in [-0.05, 0) is 43.9 Å². The van der Waals surface area contributed by atoms with E-state index in [0.29, 0.717) is 32.2 Å². The van der Waals surface area contributed by atoms with Crippen molar-refractivity contribution in [2.45, 2.75) is 32.6 Å². The zero-order valence-corrected chi connectivity index (χ0v) is 17.6. The van der Waals surface area contributed by atoms with E-state index in [9.17, 15) is 9.59 Å². The Morgan fingerprint density at radius 2 is 1.86 bits per heavy atom. The van der Waals surface area contributed by atoms with Crippen molar-refractivity contribution in [2.24, 2.45) is 5.92 Å². The Morgan fingerprint density at radius 1 is 1.11 bits per heavy atom. The molecule has 3 aliphatic rings. The van der Waals surface area contributed by atoms with Crippen LogP contribution in [0.1, 0.15) is 39.9 Å². The second-order valence-corrected chi connectivity index (χ2v) is 9.21. The molecule has 0 saturated carbocycles. The molecule has 3 heterocycles. The Balaban J connectivity index is 1.36. The molecule has 4 rings (SSSR count). The number of nitrogens with zero attached hydrogens (tertiary/aromatic N) is 3. The summed E-state index contributed by atoms with van der Waals surface area (Å²) in [5.74, 6) is 0.512. The topological polar surface area (TPSA) is 53.1 Å². The Bertz CT molecular complexity index is 706. The first-order chi connectivity index (χ1) is 13.7. The molecule has 0 N–H and O–H groups in total. The van der Waals surface area contributed by atoms with E-state index in [1.54, 1.807) is 11.3 Å². The summed E-state index contributed by atoms with van der Waals surface area (Å²) in [7, 11) is 0. The average Bonchev–Trinajstić information content (AvgIpc) is 3.17. The Kier molecular flexibility index (Phi) is 6.33. The number of ether oxygens (including phenoxy) is 1. The zero-order valence-electron chi connectivity index (χ0n) is 16.8. The molecule has 1 aliphatic carbocycles. The van der Waals surface area contributed by atoms with Crippen LogP contribution in [0.3, 0.4) is 0 Å². The van der Waals surface area contributed by atoms with Crippen molar-refractivity contribution in [3.05, 3.63) is 21.4 Å². The summed E-state index contributed by atoms with van der Waals surface area (Å²) in [6, 6.07) is 2.05. The normalized spacial score (nSPS) is 23.5. The highest BCUT2D eigenvalue weighted by molar-refractivity contribution is 7.14. The van der Waals surface area contributed by atoms with E-state index in [4.69, 9.17) is 4.74 Å². The number of carbonyl (C=O) groups excluding carboxylic acids is 2. The smallest absolute Gasteiger partial charge is 0.264 e. The van der Waals surface area contributed by atoms with Gasteiger partial charge in [-0.15, -0.1) is 11.3 Å². The van der Waals surface area contributed by atoms with Gasteiger partial charge in [0, 0.05) is 50.1 Å². The number of aryl methyl sites for hydroxylation is 1. The van der Waals surface area contributed by atoms with E-state index >= 15 is 0 Å². The fourth-order valence-corrected chi connectivity index (χ4v) is 5.70. The molecule has 6 nitrogen and oxygen atoms in total. The van der Waals surface area contributed by atoms with Crippen LogP contribution in [0, 0.1) is 5.92 Å². The van der Waals surface area contributed by atoms with E-state index in [0.717, 1.165) is 56.9 Å². The van der Waals surface area contributed by atoms with E-state index < -0.39 is 0 Å². The molecule has 1 atom stereocenters. The number of hydrogen-bond acceptors (Lipinski definition) is 5. The predicted octanol–water partition coefficient (Wildman–Crippen LogP) is 1.88. The van der Waals surface area contributed by atoms with Gasteiger partial charge in [-0.2, -0.15) is 0 Å². The maximum atomic E-state index is 13.0. The number of carbonyl (C=O) groups is 2. The van der Waals surface area contributed by atoms with Crippen LogP contribution in [0.2, 0.25) is 0 Å². The summed E-state index contributed by atoms with van der Waals surface area (Å²) < 4.78 is 5.35. The molecule has 2 fully saturated rings. The standard InChI is InChI=1S/C21H31N3O3S/c1-2-5-22-6-8-23(9-7-22)20(25)16-3-4-18-17(14-16)15-19(28-18)21(26)24-10-12-27-13-11-24/h15-16H,2-14H2,1H3/t16-/m1/s1. The molecule has 1 aromatic rings. The van der Waals surface area contributed by atoms with Crippen molar-refractivity contribution in [1.29, 1.82) is 0 Å². The second-order valence-electron chi connectivity index (χ2n) is 8.07. The maximum absolute atomic E-state index is 13.0. The van der Waals surface area contributed by atoms with Crippen molar-refractivity contribution in [1.82, 2.24) is 14.7 Å². The summed E-state index contributed by atoms with van der Waals surface area (Å²) in [6.07, 6.45) is 3.79. The third kappa shape index (κ3) is 4.26. The van der Waals surface area contributed by atoms with E-state index in [1.165, 1.54) is 16.9 Å². The lowest BCUT2D eigenvalue weighted by atomic mass is 9.87. The van der Waals surface area contributed by atoms with E-state index in [1.807, 2.05) is 4.90 Å². The van der Waals surface area contributed by atoms with E-state index in [2.05, 4.69) is 22.8 Å². The lowest BCUT2D eigenvalue weighted by Crippen LogP contribution is -2.50. The molecule has 2 saturated heterocycles. The molecule has 2 aliphatic heterocycles. The van der Waals surface area contributed by atoms with Gasteiger partial charge in [0.05, 0.1) is 18.1 Å². The molecule has 0 radical (unpaired) electrons. The van der Waals surface area contributed by atoms with Gasteiger partial charge in [0.2, 0.25) is 5.91 Å². The highest BCUT2D eigenvalue weighted by Gasteiger charge is 2.32. The van der Waals surface area contributed by atoms with Crippen molar-refractivity contribution >= 4 is 23.2 Å². The van der Waals surface area contributed by atoms with Gasteiger partial charge in [-0.25, -0.2) is 0 Å². The minimum atomic E-state index is 0.0752. The molecule has 0 aromatic carbocycles. The molecule has 0 bridgehead atoms. The van der Waals surface area contributed by atoms with Crippen molar-refractivity contribution < 1.29 is 14.3 Å². The summed E-state index contributed by atoms with van der Waals surface area (Å²) in [6.45, 7) is 9.62. The largest absolute Gasteiger partial charge is 0.378 e. The molecule has 0 unspecified atom stereocenters. The van der Waals surface area contributed by atoms with Gasteiger partial charge in [0.15, 0.2) is 0 Å². The summed E-state index contributed by atoms with van der Waals surface area (Å²) in [5, 5.41) is 0. The Labute approximate surface area is 171 Å². The van der Waals surface area contributed by atoms with Crippen LogP contribution in [0.5, 0.6) is 0 Å². The minimum absolute atomic E-state index is 0.0752. The summed E-state index contributed by atoms with van der Waals surface area (Å²) >= 11 is 1.63. The highest BCUT2D eigenvalue weighted by atomic mass is 32.1. The van der Waals surface area contributed by atoms with Gasteiger partial charge in [-0.3, -0.25) is 14.5 Å². The predicted molar refractivity (Wildman–Crippen MR) is 110 cm³/mol. The molecule has 28 heavy (non-hydrogen) atoms. The first-order valence-corrected chi connectivity index (χ1v) is 11.5. The van der Waals surface area contributed by atoms with Crippen LogP contribution < -0.4 is 0 Å². The van der Waals surface area contributed by atoms with Gasteiger partial charge >= 0.3 is 0 Å². The molecular formula is C21H31N3O3S. The lowest BCUT2D eigenvalue weighted by Gasteiger charge is -2.37.